The number of nitro groups is 1. The summed E-state index contributed by atoms with van der Waals surface area (Å²) in [6.07, 6.45) is 0.121. The largest absolute Gasteiger partial charge is 0.344 e. The molecule has 1 unspecified atom stereocenters. The molecule has 1 amide bonds. The predicted molar refractivity (Wildman–Crippen MR) is 111 cm³/mol. The Labute approximate surface area is 172 Å². The second-order valence-electron chi connectivity index (χ2n) is 7.05. The number of nitrogens with zero attached hydrogens (tertiary/aromatic N) is 4. The summed E-state index contributed by atoms with van der Waals surface area (Å²) in [4.78, 5) is 27.3. The predicted octanol–water partition coefficient (Wildman–Crippen LogP) is 4.12. The van der Waals surface area contributed by atoms with Crippen LogP contribution in [0.3, 0.4) is 0 Å². The van der Waals surface area contributed by atoms with E-state index in [2.05, 4.69) is 11.0 Å². The molecule has 1 atom stereocenters. The van der Waals surface area contributed by atoms with Crippen molar-refractivity contribution >= 4 is 29.0 Å². The fourth-order valence-electron chi connectivity index (χ4n) is 3.62. The highest BCUT2D eigenvalue weighted by atomic mass is 32.2. The molecule has 1 saturated heterocycles. The topological polar surface area (TPSA) is 90.5 Å². The van der Waals surface area contributed by atoms with E-state index in [1.165, 1.54) is 29.5 Å². The molecule has 0 saturated carbocycles. The van der Waals surface area contributed by atoms with E-state index in [4.69, 9.17) is 0 Å². The molecule has 0 N–H and O–H groups in total. The van der Waals surface area contributed by atoms with Crippen LogP contribution in [0.1, 0.15) is 23.5 Å². The highest BCUT2D eigenvalue weighted by molar-refractivity contribution is 8.03. The number of amides is 1. The molecule has 0 bridgehead atoms. The van der Waals surface area contributed by atoms with E-state index in [1.54, 1.807) is 17.0 Å². The van der Waals surface area contributed by atoms with Crippen LogP contribution in [0.2, 0.25) is 0 Å². The fraction of sp³-hybridized carbons (Fsp3) is 0.238. The minimum absolute atomic E-state index is 0.0403. The minimum atomic E-state index is -0.464. The average molecular weight is 406 g/mol. The van der Waals surface area contributed by atoms with E-state index >= 15 is 0 Å². The molecule has 0 radical (unpaired) electrons. The molecule has 2 aliphatic rings. The van der Waals surface area contributed by atoms with Gasteiger partial charge in [-0.2, -0.15) is 5.26 Å². The summed E-state index contributed by atoms with van der Waals surface area (Å²) in [6, 6.07) is 16.6. The minimum Gasteiger partial charge on any atom is -0.344 e. The Morgan fingerprint density at radius 1 is 1.24 bits per heavy atom. The molecular formula is C21H18N4O3S. The summed E-state index contributed by atoms with van der Waals surface area (Å²) in [5, 5.41) is 21.6. The number of benzene rings is 2. The molecule has 146 valence electrons. The molecular weight excluding hydrogens is 388 g/mol. The van der Waals surface area contributed by atoms with E-state index in [0.29, 0.717) is 28.7 Å². The van der Waals surface area contributed by atoms with Crippen molar-refractivity contribution in [2.75, 3.05) is 17.4 Å². The first-order valence-electron chi connectivity index (χ1n) is 9.11. The second-order valence-corrected chi connectivity index (χ2v) is 7.99. The van der Waals surface area contributed by atoms with Crippen LogP contribution in [0.25, 0.3) is 0 Å². The lowest BCUT2D eigenvalue weighted by atomic mass is 9.86. The third kappa shape index (κ3) is 3.57. The zero-order chi connectivity index (χ0) is 20.5. The number of anilines is 1. The lowest BCUT2D eigenvalue weighted by Crippen LogP contribution is -2.47. The number of fused-ring (bicyclic) bond motifs is 1. The summed E-state index contributed by atoms with van der Waals surface area (Å²) < 4.78 is 0. The third-order valence-corrected chi connectivity index (χ3v) is 6.33. The normalized spacial score (nSPS) is 19.0. The lowest BCUT2D eigenvalue weighted by molar-refractivity contribution is -0.384. The van der Waals surface area contributed by atoms with Gasteiger partial charge in [0.15, 0.2) is 0 Å². The van der Waals surface area contributed by atoms with Crippen molar-refractivity contribution in [3.63, 3.8) is 0 Å². The Morgan fingerprint density at radius 2 is 2.00 bits per heavy atom. The average Bonchev–Trinajstić information content (AvgIpc) is 2.74. The Kier molecular flexibility index (Phi) is 4.99. The molecule has 2 aromatic carbocycles. The van der Waals surface area contributed by atoms with Gasteiger partial charge < -0.3 is 4.90 Å². The highest BCUT2D eigenvalue weighted by Gasteiger charge is 2.38. The molecule has 1 fully saturated rings. The number of thioether (sulfide) groups is 1. The van der Waals surface area contributed by atoms with Gasteiger partial charge in [0.1, 0.15) is 0 Å². The summed E-state index contributed by atoms with van der Waals surface area (Å²) in [5.41, 5.74) is 3.27. The number of non-ortho nitro benzene ring substituents is 1. The van der Waals surface area contributed by atoms with Gasteiger partial charge in [0.2, 0.25) is 5.91 Å². The van der Waals surface area contributed by atoms with Gasteiger partial charge in [-0.15, -0.1) is 0 Å². The maximum atomic E-state index is 12.9. The van der Waals surface area contributed by atoms with Crippen LogP contribution < -0.4 is 4.90 Å². The van der Waals surface area contributed by atoms with Crippen molar-refractivity contribution in [3.05, 3.63) is 80.4 Å². The smallest absolute Gasteiger partial charge is 0.269 e. The summed E-state index contributed by atoms with van der Waals surface area (Å²) in [5.74, 6) is 0.0755. The third-order valence-electron chi connectivity index (χ3n) is 5.18. The van der Waals surface area contributed by atoms with Crippen LogP contribution in [-0.2, 0) is 4.79 Å². The Morgan fingerprint density at radius 3 is 2.69 bits per heavy atom. The molecule has 0 aliphatic carbocycles. The zero-order valence-corrected chi connectivity index (χ0v) is 16.6. The Balaban J connectivity index is 1.67. The molecule has 0 aromatic heterocycles. The number of rotatable bonds is 3. The maximum Gasteiger partial charge on any atom is 0.269 e. The molecule has 29 heavy (non-hydrogen) atoms. The van der Waals surface area contributed by atoms with Crippen molar-refractivity contribution in [2.24, 2.45) is 0 Å². The van der Waals surface area contributed by atoms with Gasteiger partial charge in [-0.1, -0.05) is 41.6 Å². The van der Waals surface area contributed by atoms with Crippen LogP contribution in [0, 0.1) is 28.4 Å². The molecule has 2 aliphatic heterocycles. The monoisotopic (exact) mass is 406 g/mol. The molecule has 7 nitrogen and oxygen atoms in total. The number of hydrogen-bond donors (Lipinski definition) is 0. The standard InChI is InChI=1S/C21H18N4O3S/c1-14-5-7-16(8-6-14)23-12-24-20(26)10-18(19(11-22)21(24)29-13-23)15-3-2-4-17(9-15)25(27)28/h2-9,18H,10,12-13H2,1H3. The van der Waals surface area contributed by atoms with Gasteiger partial charge in [-0.05, 0) is 24.6 Å². The van der Waals surface area contributed by atoms with Crippen molar-refractivity contribution in [2.45, 2.75) is 19.3 Å². The fourth-order valence-corrected chi connectivity index (χ4v) is 4.79. The number of hydrogen-bond acceptors (Lipinski definition) is 6. The Hall–Kier alpha value is -3.31. The van der Waals surface area contributed by atoms with Crippen molar-refractivity contribution in [1.29, 1.82) is 5.26 Å². The number of nitriles is 1. The van der Waals surface area contributed by atoms with Gasteiger partial charge in [0.25, 0.3) is 5.69 Å². The first kappa shape index (κ1) is 19.0. The van der Waals surface area contributed by atoms with Gasteiger partial charge in [0.05, 0.1) is 34.1 Å². The molecule has 0 spiro atoms. The summed E-state index contributed by atoms with van der Waals surface area (Å²) in [6.45, 7) is 2.41. The van der Waals surface area contributed by atoms with Gasteiger partial charge >= 0.3 is 0 Å². The summed E-state index contributed by atoms with van der Waals surface area (Å²) in [7, 11) is 0. The van der Waals surface area contributed by atoms with E-state index in [-0.39, 0.29) is 18.0 Å². The Bertz CT molecular complexity index is 1060. The maximum absolute atomic E-state index is 12.9. The van der Waals surface area contributed by atoms with Crippen LogP contribution in [-0.4, -0.2) is 28.3 Å². The van der Waals surface area contributed by atoms with Gasteiger partial charge in [-0.25, -0.2) is 0 Å². The zero-order valence-electron chi connectivity index (χ0n) is 15.7. The van der Waals surface area contributed by atoms with Crippen LogP contribution in [0.5, 0.6) is 0 Å². The van der Waals surface area contributed by atoms with Crippen LogP contribution >= 0.6 is 11.8 Å². The van der Waals surface area contributed by atoms with Crippen molar-refractivity contribution in [3.8, 4) is 6.07 Å². The molecule has 4 rings (SSSR count). The van der Waals surface area contributed by atoms with Crippen LogP contribution in [0.4, 0.5) is 11.4 Å². The number of aryl methyl sites for hydroxylation is 1. The van der Waals surface area contributed by atoms with E-state index in [9.17, 15) is 20.2 Å². The first-order chi connectivity index (χ1) is 14.0. The molecule has 8 heteroatoms. The van der Waals surface area contributed by atoms with Crippen molar-refractivity contribution in [1.82, 2.24) is 4.90 Å². The second kappa shape index (κ2) is 7.60. The van der Waals surface area contributed by atoms with Gasteiger partial charge in [0, 0.05) is 30.2 Å². The molecule has 2 aromatic rings. The van der Waals surface area contributed by atoms with E-state index in [0.717, 1.165) is 5.69 Å². The van der Waals surface area contributed by atoms with E-state index < -0.39 is 10.8 Å². The number of nitro benzene ring substituents is 1. The first-order valence-corrected chi connectivity index (χ1v) is 10.1. The van der Waals surface area contributed by atoms with Crippen LogP contribution in [0.15, 0.2) is 59.1 Å². The molecule has 2 heterocycles. The number of carbonyl (C=O) groups is 1. The summed E-state index contributed by atoms with van der Waals surface area (Å²) >= 11 is 1.45. The van der Waals surface area contributed by atoms with E-state index in [1.807, 2.05) is 31.2 Å². The number of allylic oxidation sites excluding steroid dienone is 1. The number of carbonyl (C=O) groups excluding carboxylic acids is 1. The highest BCUT2D eigenvalue weighted by Crippen LogP contribution is 2.43. The quantitative estimate of drug-likeness (QED) is 0.562. The lowest BCUT2D eigenvalue weighted by Gasteiger charge is -2.42. The SMILES string of the molecule is Cc1ccc(N2CSC3=C(C#N)C(c4cccc([N+](=O)[O-])c4)CC(=O)N3C2)cc1. The van der Waals surface area contributed by atoms with Gasteiger partial charge in [-0.3, -0.25) is 19.8 Å². The van der Waals surface area contributed by atoms with Crippen molar-refractivity contribution < 1.29 is 9.72 Å².